The number of piperidine rings is 1. The summed E-state index contributed by atoms with van der Waals surface area (Å²) in [5.41, 5.74) is 8.95. The van der Waals surface area contributed by atoms with E-state index in [0.717, 1.165) is 64.4 Å². The molecular formula is C22H36N8O2. The first-order valence-electron chi connectivity index (χ1n) is 11.6. The Morgan fingerprint density at radius 3 is 2.03 bits per heavy atom. The van der Waals surface area contributed by atoms with E-state index in [2.05, 4.69) is 31.2 Å². The number of hydrogen-bond acceptors (Lipinski definition) is 7. The molecule has 1 aliphatic carbocycles. The molecule has 2 aliphatic heterocycles. The van der Waals surface area contributed by atoms with E-state index in [0.29, 0.717) is 19.4 Å². The molecule has 4 rings (SSSR count). The maximum Gasteiger partial charge on any atom is 0.229 e. The van der Waals surface area contributed by atoms with Crippen molar-refractivity contribution in [3.05, 3.63) is 18.5 Å². The number of guanidine groups is 1. The number of piperazine rings is 1. The Bertz CT molecular complexity index is 749. The van der Waals surface area contributed by atoms with Crippen LogP contribution in [-0.2, 0) is 9.59 Å². The van der Waals surface area contributed by atoms with Crippen LogP contribution >= 0.6 is 0 Å². The zero-order valence-corrected chi connectivity index (χ0v) is 18.8. The van der Waals surface area contributed by atoms with E-state index < -0.39 is 0 Å². The predicted molar refractivity (Wildman–Crippen MR) is 123 cm³/mol. The van der Waals surface area contributed by atoms with Gasteiger partial charge in [-0.25, -0.2) is 9.97 Å². The molecular weight excluding hydrogens is 408 g/mol. The first-order valence-corrected chi connectivity index (χ1v) is 11.6. The van der Waals surface area contributed by atoms with Gasteiger partial charge in [0.2, 0.25) is 17.8 Å². The summed E-state index contributed by atoms with van der Waals surface area (Å²) < 4.78 is 0. The second-order valence-corrected chi connectivity index (χ2v) is 9.04. The number of likely N-dealkylation sites (tertiary alicyclic amines) is 1. The summed E-state index contributed by atoms with van der Waals surface area (Å²) in [5.74, 6) is 0.605. The van der Waals surface area contributed by atoms with Gasteiger partial charge in [0.15, 0.2) is 5.96 Å². The topological polar surface area (TPSA) is 146 Å². The van der Waals surface area contributed by atoms with E-state index in [1.807, 2.05) is 6.07 Å². The van der Waals surface area contributed by atoms with E-state index in [9.17, 15) is 9.59 Å². The van der Waals surface area contributed by atoms with Gasteiger partial charge in [-0.05, 0) is 43.7 Å². The summed E-state index contributed by atoms with van der Waals surface area (Å²) in [6, 6.07) is 1.84. The standard InChI is InChI=1S/C21H31N5O2.CH5N3/c27-18-16-21(6-1-2-7-21)17-19(28)26(18)11-4-3-10-24-12-14-25(15-13-24)20-22-8-5-9-23-20;2-1(3)4/h5,8-9H,1-4,6-7,10-17H2;(H5,2,3,4). The maximum absolute atomic E-state index is 12.5. The first kappa shape index (κ1) is 23.9. The number of imide groups is 1. The van der Waals surface area contributed by atoms with Crippen molar-refractivity contribution in [3.8, 4) is 0 Å². The van der Waals surface area contributed by atoms with Crippen LogP contribution in [0.5, 0.6) is 0 Å². The van der Waals surface area contributed by atoms with E-state index in [-0.39, 0.29) is 23.2 Å². The summed E-state index contributed by atoms with van der Waals surface area (Å²) in [4.78, 5) is 39.9. The number of carbonyl (C=O) groups excluding carboxylic acids is 2. The van der Waals surface area contributed by atoms with Gasteiger partial charge in [0.1, 0.15) is 0 Å². The van der Waals surface area contributed by atoms with Crippen molar-refractivity contribution < 1.29 is 9.59 Å². The zero-order chi connectivity index (χ0) is 23.0. The number of amides is 2. The Hall–Kier alpha value is -2.75. The molecule has 0 radical (unpaired) electrons. The number of aromatic nitrogens is 2. The van der Waals surface area contributed by atoms with Gasteiger partial charge >= 0.3 is 0 Å². The molecule has 176 valence electrons. The van der Waals surface area contributed by atoms with Crippen LogP contribution in [-0.4, -0.2) is 76.8 Å². The van der Waals surface area contributed by atoms with Crippen molar-refractivity contribution in [2.24, 2.45) is 16.9 Å². The minimum Gasteiger partial charge on any atom is -0.370 e. The quantitative estimate of drug-likeness (QED) is 0.254. The number of nitrogens with two attached hydrogens (primary N) is 2. The molecule has 0 bridgehead atoms. The number of carbonyl (C=O) groups is 2. The SMILES string of the molecule is N=C(N)N.O=C1CC2(CCCC2)CC(=O)N1CCCCN1CCN(c2ncccn2)CC1. The van der Waals surface area contributed by atoms with Gasteiger partial charge in [-0.1, -0.05) is 12.8 Å². The fourth-order valence-corrected chi connectivity index (χ4v) is 4.99. The van der Waals surface area contributed by atoms with Gasteiger partial charge in [-0.15, -0.1) is 0 Å². The molecule has 3 aliphatic rings. The molecule has 3 heterocycles. The van der Waals surface area contributed by atoms with Gasteiger partial charge in [0, 0.05) is 58.0 Å². The van der Waals surface area contributed by atoms with Crippen LogP contribution < -0.4 is 16.4 Å². The van der Waals surface area contributed by atoms with Crippen LogP contribution in [0.25, 0.3) is 0 Å². The first-order chi connectivity index (χ1) is 15.4. The Morgan fingerprint density at radius 2 is 1.47 bits per heavy atom. The maximum atomic E-state index is 12.5. The number of hydrogen-bond donors (Lipinski definition) is 3. The van der Waals surface area contributed by atoms with Gasteiger partial charge in [0.25, 0.3) is 0 Å². The average molecular weight is 445 g/mol. The average Bonchev–Trinajstić information content (AvgIpc) is 3.20. The summed E-state index contributed by atoms with van der Waals surface area (Å²) in [7, 11) is 0. The zero-order valence-electron chi connectivity index (χ0n) is 18.8. The smallest absolute Gasteiger partial charge is 0.229 e. The second-order valence-electron chi connectivity index (χ2n) is 9.04. The molecule has 1 spiro atoms. The van der Waals surface area contributed by atoms with Crippen molar-refractivity contribution in [2.75, 3.05) is 44.2 Å². The number of nitrogens with zero attached hydrogens (tertiary/aromatic N) is 5. The largest absolute Gasteiger partial charge is 0.370 e. The van der Waals surface area contributed by atoms with Crippen molar-refractivity contribution in [3.63, 3.8) is 0 Å². The van der Waals surface area contributed by atoms with Crippen molar-refractivity contribution in [1.29, 1.82) is 5.41 Å². The lowest BCUT2D eigenvalue weighted by Crippen LogP contribution is -2.48. The molecule has 0 atom stereocenters. The molecule has 2 amide bonds. The molecule has 1 aromatic rings. The van der Waals surface area contributed by atoms with Crippen LogP contribution in [0.4, 0.5) is 5.95 Å². The minimum absolute atomic E-state index is 0.00676. The molecule has 10 heteroatoms. The summed E-state index contributed by atoms with van der Waals surface area (Å²) in [6.45, 7) is 5.49. The van der Waals surface area contributed by atoms with Crippen LogP contribution in [0.15, 0.2) is 18.5 Å². The monoisotopic (exact) mass is 444 g/mol. The Kier molecular flexibility index (Phi) is 8.38. The predicted octanol–water partition coefficient (Wildman–Crippen LogP) is 0.927. The summed E-state index contributed by atoms with van der Waals surface area (Å²) >= 11 is 0. The van der Waals surface area contributed by atoms with Gasteiger partial charge in [-0.2, -0.15) is 0 Å². The number of rotatable bonds is 6. The third-order valence-corrected chi connectivity index (χ3v) is 6.63. The summed E-state index contributed by atoms with van der Waals surface area (Å²) in [5, 5.41) is 6.06. The Balaban J connectivity index is 0.000000668. The van der Waals surface area contributed by atoms with E-state index in [1.165, 1.54) is 17.7 Å². The van der Waals surface area contributed by atoms with Crippen LogP contribution in [0.2, 0.25) is 0 Å². The van der Waals surface area contributed by atoms with Crippen LogP contribution in [0.3, 0.4) is 0 Å². The van der Waals surface area contributed by atoms with Crippen LogP contribution in [0, 0.1) is 10.8 Å². The number of nitrogens with one attached hydrogen (secondary N) is 1. The highest BCUT2D eigenvalue weighted by atomic mass is 16.2. The van der Waals surface area contributed by atoms with Crippen molar-refractivity contribution >= 4 is 23.7 Å². The van der Waals surface area contributed by atoms with Gasteiger partial charge in [0.05, 0.1) is 0 Å². The molecule has 5 N–H and O–H groups in total. The molecule has 2 saturated heterocycles. The lowest BCUT2D eigenvalue weighted by Gasteiger charge is -2.37. The molecule has 0 unspecified atom stereocenters. The molecule has 3 fully saturated rings. The number of unbranched alkanes of at least 4 members (excludes halogenated alkanes) is 1. The number of anilines is 1. The molecule has 0 aromatic carbocycles. The molecule has 1 aromatic heterocycles. The third kappa shape index (κ3) is 6.62. The van der Waals surface area contributed by atoms with Crippen molar-refractivity contribution in [1.82, 2.24) is 19.8 Å². The third-order valence-electron chi connectivity index (χ3n) is 6.63. The highest BCUT2D eigenvalue weighted by molar-refractivity contribution is 5.98. The Morgan fingerprint density at radius 1 is 0.938 bits per heavy atom. The normalized spacial score (nSPS) is 20.9. The highest BCUT2D eigenvalue weighted by Gasteiger charge is 2.44. The van der Waals surface area contributed by atoms with E-state index in [4.69, 9.17) is 5.41 Å². The molecule has 10 nitrogen and oxygen atoms in total. The fraction of sp³-hybridized carbons (Fsp3) is 0.682. The fourth-order valence-electron chi connectivity index (χ4n) is 4.99. The second kappa shape index (κ2) is 11.2. The van der Waals surface area contributed by atoms with Crippen molar-refractivity contribution in [2.45, 2.75) is 51.4 Å². The lowest BCUT2D eigenvalue weighted by atomic mass is 9.76. The lowest BCUT2D eigenvalue weighted by molar-refractivity contribution is -0.153. The molecule has 32 heavy (non-hydrogen) atoms. The Labute approximate surface area is 189 Å². The van der Waals surface area contributed by atoms with Crippen LogP contribution in [0.1, 0.15) is 51.4 Å². The van der Waals surface area contributed by atoms with Gasteiger partial charge in [-0.3, -0.25) is 24.8 Å². The van der Waals surface area contributed by atoms with Gasteiger partial charge < -0.3 is 16.4 Å². The van der Waals surface area contributed by atoms with E-state index in [1.54, 1.807) is 12.4 Å². The highest BCUT2D eigenvalue weighted by Crippen LogP contribution is 2.46. The minimum atomic E-state index is -0.333. The van der Waals surface area contributed by atoms with E-state index >= 15 is 0 Å². The summed E-state index contributed by atoms with van der Waals surface area (Å²) in [6.07, 6.45) is 11.1. The molecule has 1 saturated carbocycles.